The SMILES string of the molecule is CC[C@]12CC[C@H]3[C@@H](CCC4=CC(=O)CC[C@@H]43)[C@@H]1CC[C@@]2(O)C(C)O. The summed E-state index contributed by atoms with van der Waals surface area (Å²) in [5.74, 6) is 2.83. The van der Waals surface area contributed by atoms with Crippen LogP contribution in [0.25, 0.3) is 0 Å². The van der Waals surface area contributed by atoms with Gasteiger partial charge in [0.1, 0.15) is 0 Å². The molecule has 0 heterocycles. The maximum Gasteiger partial charge on any atom is 0.155 e. The molecule has 0 radical (unpaired) electrons. The minimum absolute atomic E-state index is 0.103. The zero-order valence-electron chi connectivity index (χ0n) is 15.1. The van der Waals surface area contributed by atoms with Crippen molar-refractivity contribution in [2.45, 2.75) is 83.3 Å². The van der Waals surface area contributed by atoms with Crippen molar-refractivity contribution in [1.82, 2.24) is 0 Å². The van der Waals surface area contributed by atoms with E-state index in [1.807, 2.05) is 6.08 Å². The lowest BCUT2D eigenvalue weighted by molar-refractivity contribution is -0.176. The molecular formula is C21H32O3. The summed E-state index contributed by atoms with van der Waals surface area (Å²) in [6.45, 7) is 3.99. The van der Waals surface area contributed by atoms with E-state index in [4.69, 9.17) is 0 Å². The summed E-state index contributed by atoms with van der Waals surface area (Å²) in [5.41, 5.74) is 0.407. The average Bonchev–Trinajstić information content (AvgIpc) is 2.89. The molecule has 3 nitrogen and oxygen atoms in total. The molecule has 7 atom stereocenters. The van der Waals surface area contributed by atoms with Gasteiger partial charge in [-0.15, -0.1) is 0 Å². The number of fused-ring (bicyclic) bond motifs is 5. The number of carbonyl (C=O) groups is 1. The Kier molecular flexibility index (Phi) is 3.96. The zero-order chi connectivity index (χ0) is 17.1. The van der Waals surface area contributed by atoms with Gasteiger partial charge in [-0.1, -0.05) is 12.5 Å². The Hall–Kier alpha value is -0.670. The number of allylic oxidation sites excluding steroid dienone is 1. The molecule has 134 valence electrons. The van der Waals surface area contributed by atoms with Gasteiger partial charge >= 0.3 is 0 Å². The van der Waals surface area contributed by atoms with Crippen LogP contribution in [0.5, 0.6) is 0 Å². The summed E-state index contributed by atoms with van der Waals surface area (Å²) in [7, 11) is 0. The lowest BCUT2D eigenvalue weighted by atomic mass is 9.49. The normalized spacial score (nSPS) is 49.0. The van der Waals surface area contributed by atoms with Gasteiger partial charge in [0, 0.05) is 11.8 Å². The predicted molar refractivity (Wildman–Crippen MR) is 93.3 cm³/mol. The highest BCUT2D eigenvalue weighted by atomic mass is 16.3. The van der Waals surface area contributed by atoms with E-state index in [-0.39, 0.29) is 5.41 Å². The largest absolute Gasteiger partial charge is 0.390 e. The van der Waals surface area contributed by atoms with Crippen molar-refractivity contribution in [3.63, 3.8) is 0 Å². The van der Waals surface area contributed by atoms with E-state index in [1.165, 1.54) is 12.0 Å². The van der Waals surface area contributed by atoms with Crippen LogP contribution in [-0.2, 0) is 4.79 Å². The predicted octanol–water partition coefficient (Wildman–Crippen LogP) is 3.63. The average molecular weight is 332 g/mol. The molecule has 0 aromatic carbocycles. The summed E-state index contributed by atoms with van der Waals surface area (Å²) in [6.07, 6.45) is 10.3. The van der Waals surface area contributed by atoms with Crippen LogP contribution in [0.4, 0.5) is 0 Å². The van der Waals surface area contributed by atoms with E-state index in [9.17, 15) is 15.0 Å². The van der Waals surface area contributed by atoms with Gasteiger partial charge in [-0.2, -0.15) is 0 Å². The Bertz CT molecular complexity index is 565. The van der Waals surface area contributed by atoms with Gasteiger partial charge in [-0.25, -0.2) is 0 Å². The molecule has 0 aliphatic heterocycles. The van der Waals surface area contributed by atoms with Crippen LogP contribution in [-0.4, -0.2) is 27.7 Å². The first-order valence-corrected chi connectivity index (χ1v) is 10.1. The fourth-order valence-electron chi connectivity index (χ4n) is 7.42. The molecule has 24 heavy (non-hydrogen) atoms. The van der Waals surface area contributed by atoms with Crippen LogP contribution in [0, 0.1) is 29.1 Å². The summed E-state index contributed by atoms with van der Waals surface area (Å²) >= 11 is 0. The number of hydrogen-bond acceptors (Lipinski definition) is 3. The van der Waals surface area contributed by atoms with Crippen molar-refractivity contribution < 1.29 is 15.0 Å². The molecule has 0 amide bonds. The molecule has 4 aliphatic carbocycles. The Labute approximate surface area is 145 Å². The second-order valence-corrected chi connectivity index (χ2v) is 8.99. The number of aliphatic hydroxyl groups is 2. The third-order valence-electron chi connectivity index (χ3n) is 8.53. The first kappa shape index (κ1) is 16.8. The van der Waals surface area contributed by atoms with Gasteiger partial charge in [-0.05, 0) is 88.0 Å². The first-order chi connectivity index (χ1) is 11.4. The quantitative estimate of drug-likeness (QED) is 0.812. The van der Waals surface area contributed by atoms with E-state index < -0.39 is 11.7 Å². The molecule has 1 unspecified atom stereocenters. The molecule has 0 saturated heterocycles. The van der Waals surface area contributed by atoms with Gasteiger partial charge in [0.25, 0.3) is 0 Å². The molecule has 3 fully saturated rings. The van der Waals surface area contributed by atoms with Gasteiger partial charge in [0.05, 0.1) is 11.7 Å². The fraction of sp³-hybridized carbons (Fsp3) is 0.857. The lowest BCUT2D eigenvalue weighted by Gasteiger charge is -2.57. The van der Waals surface area contributed by atoms with Crippen LogP contribution >= 0.6 is 0 Å². The number of aliphatic hydroxyl groups excluding tert-OH is 1. The first-order valence-electron chi connectivity index (χ1n) is 10.1. The topological polar surface area (TPSA) is 57.5 Å². The van der Waals surface area contributed by atoms with Gasteiger partial charge < -0.3 is 10.2 Å². The van der Waals surface area contributed by atoms with Crippen LogP contribution in [0.15, 0.2) is 11.6 Å². The maximum atomic E-state index is 11.8. The van der Waals surface area contributed by atoms with Gasteiger partial charge in [0.2, 0.25) is 0 Å². The number of ketones is 1. The maximum absolute atomic E-state index is 11.8. The van der Waals surface area contributed by atoms with E-state index >= 15 is 0 Å². The van der Waals surface area contributed by atoms with E-state index in [0.29, 0.717) is 29.5 Å². The second-order valence-electron chi connectivity index (χ2n) is 8.99. The Morgan fingerprint density at radius 1 is 1.17 bits per heavy atom. The van der Waals surface area contributed by atoms with Crippen LogP contribution in [0.3, 0.4) is 0 Å². The fourth-order valence-corrected chi connectivity index (χ4v) is 7.42. The van der Waals surface area contributed by atoms with Crippen LogP contribution in [0.1, 0.15) is 71.6 Å². The molecule has 0 bridgehead atoms. The van der Waals surface area contributed by atoms with Crippen molar-refractivity contribution in [1.29, 1.82) is 0 Å². The Balaban J connectivity index is 1.66. The summed E-state index contributed by atoms with van der Waals surface area (Å²) in [5, 5.41) is 21.7. The Morgan fingerprint density at radius 3 is 2.67 bits per heavy atom. The van der Waals surface area contributed by atoms with Crippen molar-refractivity contribution in [2.75, 3.05) is 0 Å². The van der Waals surface area contributed by atoms with Crippen LogP contribution < -0.4 is 0 Å². The molecule has 0 spiro atoms. The monoisotopic (exact) mass is 332 g/mol. The molecular weight excluding hydrogens is 300 g/mol. The smallest absolute Gasteiger partial charge is 0.155 e. The second kappa shape index (κ2) is 5.67. The highest BCUT2D eigenvalue weighted by Crippen LogP contribution is 2.66. The van der Waals surface area contributed by atoms with E-state index in [0.717, 1.165) is 51.4 Å². The molecule has 4 rings (SSSR count). The molecule has 3 saturated carbocycles. The lowest BCUT2D eigenvalue weighted by Crippen LogP contribution is -2.58. The zero-order valence-corrected chi connectivity index (χ0v) is 15.1. The third-order valence-corrected chi connectivity index (χ3v) is 8.53. The summed E-state index contributed by atoms with van der Waals surface area (Å²) in [4.78, 5) is 11.8. The van der Waals surface area contributed by atoms with Crippen molar-refractivity contribution in [3.8, 4) is 0 Å². The van der Waals surface area contributed by atoms with Gasteiger partial charge in [0.15, 0.2) is 5.78 Å². The van der Waals surface area contributed by atoms with E-state index in [2.05, 4.69) is 6.92 Å². The number of hydrogen-bond donors (Lipinski definition) is 2. The molecule has 4 aliphatic rings. The third kappa shape index (κ3) is 2.07. The molecule has 3 heteroatoms. The highest BCUT2D eigenvalue weighted by molar-refractivity contribution is 5.91. The molecule has 0 aromatic heterocycles. The number of carbonyl (C=O) groups excluding carboxylic acids is 1. The highest BCUT2D eigenvalue weighted by Gasteiger charge is 2.65. The Morgan fingerprint density at radius 2 is 1.96 bits per heavy atom. The standard InChI is InChI=1S/C21H32O3/c1-3-20-10-8-17-16-7-5-15(23)12-14(16)4-6-18(17)19(20)9-11-21(20,24)13(2)22/h12-13,16-19,22,24H,3-11H2,1-2H3/t13?,16-,17+,18+,19-,20-,21+/m0/s1. The summed E-state index contributed by atoms with van der Waals surface area (Å²) < 4.78 is 0. The van der Waals surface area contributed by atoms with Crippen molar-refractivity contribution in [3.05, 3.63) is 11.6 Å². The molecule has 2 N–H and O–H groups in total. The van der Waals surface area contributed by atoms with Crippen LogP contribution in [0.2, 0.25) is 0 Å². The minimum Gasteiger partial charge on any atom is -0.390 e. The molecule has 0 aromatic rings. The number of rotatable bonds is 2. The van der Waals surface area contributed by atoms with E-state index in [1.54, 1.807) is 6.92 Å². The minimum atomic E-state index is -0.907. The summed E-state index contributed by atoms with van der Waals surface area (Å²) in [6, 6.07) is 0. The van der Waals surface area contributed by atoms with Crippen molar-refractivity contribution in [2.24, 2.45) is 29.1 Å². The van der Waals surface area contributed by atoms with Gasteiger partial charge in [-0.3, -0.25) is 4.79 Å². The van der Waals surface area contributed by atoms with Crippen molar-refractivity contribution >= 4 is 5.78 Å².